The molecule has 4 nitrogen and oxygen atoms in total. The fraction of sp³-hybridized carbons (Fsp3) is 0.571. The standard InChI is InChI=1S/C14H20F2N2O2/c1-20-13-11(15)5-10(6-12(13)16)7-18-9-14(19)3-2-4-17-8-14/h5-6,17-19H,2-4,7-9H2,1H3/t14-/m1/s1. The van der Waals surface area contributed by atoms with Gasteiger partial charge in [0.25, 0.3) is 0 Å². The van der Waals surface area contributed by atoms with Crippen LogP contribution in [0.5, 0.6) is 5.75 Å². The third-order valence-electron chi connectivity index (χ3n) is 3.50. The average Bonchev–Trinajstić information content (AvgIpc) is 2.39. The Hall–Kier alpha value is -1.24. The van der Waals surface area contributed by atoms with E-state index in [0.29, 0.717) is 25.2 Å². The van der Waals surface area contributed by atoms with E-state index in [2.05, 4.69) is 15.4 Å². The third-order valence-corrected chi connectivity index (χ3v) is 3.50. The molecule has 0 amide bonds. The lowest BCUT2D eigenvalue weighted by atomic mass is 9.94. The third kappa shape index (κ3) is 3.65. The van der Waals surface area contributed by atoms with Crippen LogP contribution in [0.2, 0.25) is 0 Å². The van der Waals surface area contributed by atoms with Gasteiger partial charge in [-0.05, 0) is 37.1 Å². The maximum absolute atomic E-state index is 13.5. The summed E-state index contributed by atoms with van der Waals surface area (Å²) >= 11 is 0. The van der Waals surface area contributed by atoms with Crippen LogP contribution in [-0.4, -0.2) is 37.5 Å². The van der Waals surface area contributed by atoms with E-state index in [1.165, 1.54) is 19.2 Å². The fourth-order valence-corrected chi connectivity index (χ4v) is 2.45. The van der Waals surface area contributed by atoms with Crippen molar-refractivity contribution < 1.29 is 18.6 Å². The van der Waals surface area contributed by atoms with Gasteiger partial charge in [0.1, 0.15) is 0 Å². The summed E-state index contributed by atoms with van der Waals surface area (Å²) < 4.78 is 31.7. The van der Waals surface area contributed by atoms with Crippen LogP contribution in [0.1, 0.15) is 18.4 Å². The molecule has 0 bridgehead atoms. The molecule has 0 aliphatic carbocycles. The van der Waals surface area contributed by atoms with Crippen LogP contribution in [0.25, 0.3) is 0 Å². The van der Waals surface area contributed by atoms with E-state index in [9.17, 15) is 13.9 Å². The predicted molar refractivity (Wildman–Crippen MR) is 71.7 cm³/mol. The lowest BCUT2D eigenvalue weighted by Gasteiger charge is -2.32. The number of ether oxygens (including phenoxy) is 1. The molecule has 1 aliphatic heterocycles. The maximum atomic E-state index is 13.5. The van der Waals surface area contributed by atoms with E-state index in [1.54, 1.807) is 0 Å². The first-order chi connectivity index (χ1) is 9.54. The minimum Gasteiger partial charge on any atom is -0.491 e. The lowest BCUT2D eigenvalue weighted by Crippen LogP contribution is -2.51. The summed E-state index contributed by atoms with van der Waals surface area (Å²) in [7, 11) is 1.23. The zero-order valence-corrected chi connectivity index (χ0v) is 11.5. The zero-order chi connectivity index (χ0) is 14.6. The number of hydrogen-bond acceptors (Lipinski definition) is 4. The van der Waals surface area contributed by atoms with Gasteiger partial charge in [0.2, 0.25) is 0 Å². The van der Waals surface area contributed by atoms with Gasteiger partial charge in [-0.1, -0.05) is 0 Å². The molecule has 2 rings (SSSR count). The molecule has 0 radical (unpaired) electrons. The SMILES string of the molecule is COc1c(F)cc(CNC[C@@]2(O)CCCNC2)cc1F. The minimum absolute atomic E-state index is 0.292. The molecule has 0 spiro atoms. The molecule has 1 aromatic rings. The average molecular weight is 286 g/mol. The van der Waals surface area contributed by atoms with Crippen molar-refractivity contribution in [1.82, 2.24) is 10.6 Å². The first-order valence-electron chi connectivity index (χ1n) is 6.70. The molecular formula is C14H20F2N2O2. The van der Waals surface area contributed by atoms with Crippen LogP contribution >= 0.6 is 0 Å². The highest BCUT2D eigenvalue weighted by molar-refractivity contribution is 5.31. The number of β-amino-alcohol motifs (C(OH)–C–C–N with tert-alkyl or cyclic N) is 1. The van der Waals surface area contributed by atoms with Gasteiger partial charge in [-0.15, -0.1) is 0 Å². The molecule has 1 saturated heterocycles. The Kier molecular flexibility index (Phi) is 4.91. The van der Waals surface area contributed by atoms with Crippen molar-refractivity contribution in [2.75, 3.05) is 26.7 Å². The second-order valence-corrected chi connectivity index (χ2v) is 5.20. The Labute approximate surface area is 117 Å². The van der Waals surface area contributed by atoms with Crippen molar-refractivity contribution in [3.8, 4) is 5.75 Å². The number of benzene rings is 1. The van der Waals surface area contributed by atoms with E-state index in [4.69, 9.17) is 0 Å². The number of piperidine rings is 1. The van der Waals surface area contributed by atoms with Gasteiger partial charge in [-0.25, -0.2) is 8.78 Å². The molecular weight excluding hydrogens is 266 g/mol. The van der Waals surface area contributed by atoms with Gasteiger partial charge < -0.3 is 20.5 Å². The van der Waals surface area contributed by atoms with Crippen molar-refractivity contribution in [1.29, 1.82) is 0 Å². The summed E-state index contributed by atoms with van der Waals surface area (Å²) in [5.41, 5.74) is -0.310. The molecule has 112 valence electrons. The summed E-state index contributed by atoms with van der Waals surface area (Å²) in [6.07, 6.45) is 1.64. The predicted octanol–water partition coefficient (Wildman–Crippen LogP) is 1.18. The van der Waals surface area contributed by atoms with Gasteiger partial charge in [0.05, 0.1) is 12.7 Å². The molecule has 20 heavy (non-hydrogen) atoms. The van der Waals surface area contributed by atoms with E-state index < -0.39 is 17.2 Å². The second kappa shape index (κ2) is 6.47. The topological polar surface area (TPSA) is 53.5 Å². The van der Waals surface area contributed by atoms with Crippen molar-refractivity contribution in [2.24, 2.45) is 0 Å². The van der Waals surface area contributed by atoms with Crippen molar-refractivity contribution in [3.05, 3.63) is 29.3 Å². The zero-order valence-electron chi connectivity index (χ0n) is 11.5. The highest BCUT2D eigenvalue weighted by Crippen LogP contribution is 2.23. The van der Waals surface area contributed by atoms with E-state index in [0.717, 1.165) is 19.4 Å². The van der Waals surface area contributed by atoms with Gasteiger partial charge in [-0.2, -0.15) is 0 Å². The van der Waals surface area contributed by atoms with Crippen LogP contribution < -0.4 is 15.4 Å². The summed E-state index contributed by atoms with van der Waals surface area (Å²) in [5.74, 6) is -1.81. The van der Waals surface area contributed by atoms with E-state index in [-0.39, 0.29) is 5.75 Å². The molecule has 0 saturated carbocycles. The Morgan fingerprint density at radius 1 is 1.40 bits per heavy atom. The maximum Gasteiger partial charge on any atom is 0.190 e. The van der Waals surface area contributed by atoms with Crippen LogP contribution in [0.3, 0.4) is 0 Å². The Balaban J connectivity index is 1.91. The Morgan fingerprint density at radius 3 is 2.65 bits per heavy atom. The van der Waals surface area contributed by atoms with Crippen LogP contribution in [0.4, 0.5) is 8.78 Å². The summed E-state index contributed by atoms with van der Waals surface area (Å²) in [5, 5.41) is 16.4. The summed E-state index contributed by atoms with van der Waals surface area (Å²) in [6, 6.07) is 2.47. The highest BCUT2D eigenvalue weighted by atomic mass is 19.1. The van der Waals surface area contributed by atoms with Crippen molar-refractivity contribution in [3.63, 3.8) is 0 Å². The number of nitrogens with one attached hydrogen (secondary N) is 2. The molecule has 6 heteroatoms. The number of methoxy groups -OCH3 is 1. The monoisotopic (exact) mass is 286 g/mol. The summed E-state index contributed by atoms with van der Waals surface area (Å²) in [6.45, 7) is 2.12. The van der Waals surface area contributed by atoms with Crippen LogP contribution in [-0.2, 0) is 6.54 Å². The minimum atomic E-state index is -0.790. The smallest absolute Gasteiger partial charge is 0.190 e. The molecule has 1 aliphatic rings. The second-order valence-electron chi connectivity index (χ2n) is 5.20. The van der Waals surface area contributed by atoms with E-state index in [1.807, 2.05) is 0 Å². The number of rotatable bonds is 5. The number of hydrogen-bond donors (Lipinski definition) is 3. The molecule has 1 aromatic carbocycles. The van der Waals surface area contributed by atoms with Crippen molar-refractivity contribution in [2.45, 2.75) is 25.0 Å². The molecule has 3 N–H and O–H groups in total. The molecule has 1 heterocycles. The largest absolute Gasteiger partial charge is 0.491 e. The normalized spacial score (nSPS) is 22.8. The molecule has 0 unspecified atom stereocenters. The first kappa shape index (κ1) is 15.2. The molecule has 1 fully saturated rings. The van der Waals surface area contributed by atoms with Crippen molar-refractivity contribution >= 4 is 0 Å². The van der Waals surface area contributed by atoms with Gasteiger partial charge in [0.15, 0.2) is 17.4 Å². The van der Waals surface area contributed by atoms with Gasteiger partial charge >= 0.3 is 0 Å². The quantitative estimate of drug-likeness (QED) is 0.761. The Morgan fingerprint density at radius 2 is 2.10 bits per heavy atom. The number of aliphatic hydroxyl groups is 1. The lowest BCUT2D eigenvalue weighted by molar-refractivity contribution is 0.0169. The number of halogens is 2. The van der Waals surface area contributed by atoms with Crippen LogP contribution in [0.15, 0.2) is 12.1 Å². The first-order valence-corrected chi connectivity index (χ1v) is 6.70. The molecule has 1 atom stereocenters. The van der Waals surface area contributed by atoms with Gasteiger partial charge in [-0.3, -0.25) is 0 Å². The Bertz CT molecular complexity index is 439. The highest BCUT2D eigenvalue weighted by Gasteiger charge is 2.28. The fourth-order valence-electron chi connectivity index (χ4n) is 2.45. The van der Waals surface area contributed by atoms with Gasteiger partial charge in [0, 0.05) is 19.6 Å². The van der Waals surface area contributed by atoms with Crippen LogP contribution in [0, 0.1) is 11.6 Å². The molecule has 0 aromatic heterocycles. The van der Waals surface area contributed by atoms with E-state index >= 15 is 0 Å². The summed E-state index contributed by atoms with van der Waals surface area (Å²) in [4.78, 5) is 0.